The lowest BCUT2D eigenvalue weighted by Gasteiger charge is -2.09. The highest BCUT2D eigenvalue weighted by Crippen LogP contribution is 2.20. The summed E-state index contributed by atoms with van der Waals surface area (Å²) in [5.74, 6) is -3.06. The Labute approximate surface area is 118 Å². The predicted molar refractivity (Wildman–Crippen MR) is 69.5 cm³/mol. The number of halogens is 3. The van der Waals surface area contributed by atoms with Crippen LogP contribution in [0.3, 0.4) is 0 Å². The highest BCUT2D eigenvalue weighted by molar-refractivity contribution is 7.92. The summed E-state index contributed by atoms with van der Waals surface area (Å²) in [4.78, 5) is -0.308. The molecular formula is C13H10F3NO3S. The molecule has 112 valence electrons. The van der Waals surface area contributed by atoms with Crippen LogP contribution in [0.1, 0.15) is 5.56 Å². The third-order valence-corrected chi connectivity index (χ3v) is 4.05. The van der Waals surface area contributed by atoms with Gasteiger partial charge in [0.15, 0.2) is 11.6 Å². The van der Waals surface area contributed by atoms with E-state index in [0.717, 1.165) is 30.3 Å². The van der Waals surface area contributed by atoms with E-state index < -0.39 is 34.1 Å². The van der Waals surface area contributed by atoms with Crippen molar-refractivity contribution in [3.05, 3.63) is 59.4 Å². The molecule has 0 aliphatic carbocycles. The second-order valence-electron chi connectivity index (χ2n) is 4.15. The number of rotatable bonds is 4. The van der Waals surface area contributed by atoms with E-state index in [1.165, 1.54) is 0 Å². The van der Waals surface area contributed by atoms with Gasteiger partial charge in [0.2, 0.25) is 0 Å². The number of aliphatic hydroxyl groups excluding tert-OH is 1. The van der Waals surface area contributed by atoms with Crippen LogP contribution in [0.25, 0.3) is 0 Å². The SMILES string of the molecule is O=S(=O)(Nc1ccc(F)c(F)c1)c1ccc(F)c(CO)c1. The smallest absolute Gasteiger partial charge is 0.261 e. The zero-order valence-corrected chi connectivity index (χ0v) is 11.3. The molecule has 0 saturated heterocycles. The quantitative estimate of drug-likeness (QED) is 0.910. The molecule has 0 aliphatic rings. The van der Waals surface area contributed by atoms with Gasteiger partial charge in [-0.2, -0.15) is 0 Å². The number of hydrogen-bond donors (Lipinski definition) is 2. The number of sulfonamides is 1. The Balaban J connectivity index is 2.35. The first kappa shape index (κ1) is 15.3. The van der Waals surface area contributed by atoms with E-state index in [4.69, 9.17) is 5.11 Å². The van der Waals surface area contributed by atoms with E-state index in [-0.39, 0.29) is 16.1 Å². The lowest BCUT2D eigenvalue weighted by molar-refractivity contribution is 0.275. The number of aliphatic hydroxyl groups is 1. The highest BCUT2D eigenvalue weighted by atomic mass is 32.2. The zero-order chi connectivity index (χ0) is 15.6. The van der Waals surface area contributed by atoms with Gasteiger partial charge in [0.1, 0.15) is 5.82 Å². The van der Waals surface area contributed by atoms with Crippen molar-refractivity contribution in [1.82, 2.24) is 0 Å². The fourth-order valence-electron chi connectivity index (χ4n) is 1.61. The van der Waals surface area contributed by atoms with Crippen LogP contribution >= 0.6 is 0 Å². The van der Waals surface area contributed by atoms with Crippen molar-refractivity contribution in [1.29, 1.82) is 0 Å². The average molecular weight is 317 g/mol. The van der Waals surface area contributed by atoms with Gasteiger partial charge in [-0.3, -0.25) is 4.72 Å². The van der Waals surface area contributed by atoms with E-state index >= 15 is 0 Å². The Morgan fingerprint density at radius 2 is 1.62 bits per heavy atom. The summed E-state index contributed by atoms with van der Waals surface area (Å²) in [6.45, 7) is -0.666. The lowest BCUT2D eigenvalue weighted by atomic mass is 10.2. The van der Waals surface area contributed by atoms with Gasteiger partial charge in [0.05, 0.1) is 17.2 Å². The van der Waals surface area contributed by atoms with Crippen LogP contribution in [-0.2, 0) is 16.6 Å². The molecule has 0 radical (unpaired) electrons. The monoisotopic (exact) mass is 317 g/mol. The average Bonchev–Trinajstić information content (AvgIpc) is 2.43. The van der Waals surface area contributed by atoms with Crippen LogP contribution in [0.5, 0.6) is 0 Å². The minimum Gasteiger partial charge on any atom is -0.392 e. The van der Waals surface area contributed by atoms with E-state index in [2.05, 4.69) is 0 Å². The van der Waals surface area contributed by atoms with Gasteiger partial charge >= 0.3 is 0 Å². The first-order valence-electron chi connectivity index (χ1n) is 5.70. The van der Waals surface area contributed by atoms with Crippen molar-refractivity contribution < 1.29 is 26.7 Å². The zero-order valence-electron chi connectivity index (χ0n) is 10.5. The van der Waals surface area contributed by atoms with Crippen LogP contribution in [0.4, 0.5) is 18.9 Å². The van der Waals surface area contributed by atoms with Gasteiger partial charge in [-0.15, -0.1) is 0 Å². The third kappa shape index (κ3) is 3.34. The van der Waals surface area contributed by atoms with Crippen LogP contribution in [0.2, 0.25) is 0 Å². The van der Waals surface area contributed by atoms with Crippen molar-refractivity contribution in [2.24, 2.45) is 0 Å². The van der Waals surface area contributed by atoms with Crippen molar-refractivity contribution in [3.8, 4) is 0 Å². The minimum absolute atomic E-state index is 0.177. The molecule has 0 fully saturated rings. The molecular weight excluding hydrogens is 307 g/mol. The maximum absolute atomic E-state index is 13.2. The molecule has 2 aromatic carbocycles. The molecule has 0 aromatic heterocycles. The van der Waals surface area contributed by atoms with E-state index in [9.17, 15) is 21.6 Å². The Morgan fingerprint density at radius 3 is 2.24 bits per heavy atom. The van der Waals surface area contributed by atoms with Crippen LogP contribution in [0.15, 0.2) is 41.3 Å². The number of benzene rings is 2. The molecule has 8 heteroatoms. The summed E-state index contributed by atoms with van der Waals surface area (Å²) in [7, 11) is -4.11. The Hall–Kier alpha value is -2.06. The molecule has 0 spiro atoms. The lowest BCUT2D eigenvalue weighted by Crippen LogP contribution is -2.14. The van der Waals surface area contributed by atoms with Crippen molar-refractivity contribution in [2.75, 3.05) is 4.72 Å². The second kappa shape index (κ2) is 5.74. The minimum atomic E-state index is -4.11. The highest BCUT2D eigenvalue weighted by Gasteiger charge is 2.17. The predicted octanol–water partition coefficient (Wildman–Crippen LogP) is 2.40. The standard InChI is InChI=1S/C13H10F3NO3S/c14-11-4-2-10(5-8(11)7-18)21(19,20)17-9-1-3-12(15)13(16)6-9/h1-6,17-18H,7H2. The topological polar surface area (TPSA) is 66.4 Å². The Bertz CT molecular complexity index is 778. The van der Waals surface area contributed by atoms with Gasteiger partial charge in [0.25, 0.3) is 10.0 Å². The van der Waals surface area contributed by atoms with Gasteiger partial charge in [-0.1, -0.05) is 0 Å². The first-order chi connectivity index (χ1) is 9.83. The van der Waals surface area contributed by atoms with Crippen molar-refractivity contribution >= 4 is 15.7 Å². The molecule has 0 unspecified atom stereocenters. The number of anilines is 1. The van der Waals surface area contributed by atoms with Crippen molar-refractivity contribution in [3.63, 3.8) is 0 Å². The van der Waals surface area contributed by atoms with Crippen molar-refractivity contribution in [2.45, 2.75) is 11.5 Å². The molecule has 0 aliphatic heterocycles. The van der Waals surface area contributed by atoms with E-state index in [0.29, 0.717) is 6.07 Å². The molecule has 2 rings (SSSR count). The Morgan fingerprint density at radius 1 is 0.952 bits per heavy atom. The maximum atomic E-state index is 13.2. The summed E-state index contributed by atoms with van der Waals surface area (Å²) in [5.41, 5.74) is -0.369. The van der Waals surface area contributed by atoms with Crippen LogP contribution < -0.4 is 4.72 Å². The second-order valence-corrected chi connectivity index (χ2v) is 5.83. The van der Waals surface area contributed by atoms with Crippen LogP contribution in [-0.4, -0.2) is 13.5 Å². The molecule has 0 saturated carbocycles. The molecule has 4 nitrogen and oxygen atoms in total. The summed E-state index contributed by atoms with van der Waals surface area (Å²) < 4.78 is 65.2. The maximum Gasteiger partial charge on any atom is 0.261 e. The number of hydrogen-bond acceptors (Lipinski definition) is 3. The molecule has 0 amide bonds. The summed E-state index contributed by atoms with van der Waals surface area (Å²) >= 11 is 0. The summed E-state index contributed by atoms with van der Waals surface area (Å²) in [6, 6.07) is 5.35. The van der Waals surface area contributed by atoms with E-state index in [1.54, 1.807) is 0 Å². The third-order valence-electron chi connectivity index (χ3n) is 2.67. The fourth-order valence-corrected chi connectivity index (χ4v) is 2.71. The van der Waals surface area contributed by atoms with Crippen LogP contribution in [0, 0.1) is 17.5 Å². The summed E-state index contributed by atoms with van der Waals surface area (Å²) in [6.07, 6.45) is 0. The molecule has 0 bridgehead atoms. The molecule has 2 aromatic rings. The number of nitrogens with one attached hydrogen (secondary N) is 1. The summed E-state index contributed by atoms with van der Waals surface area (Å²) in [5, 5.41) is 8.92. The van der Waals surface area contributed by atoms with Gasteiger partial charge in [-0.05, 0) is 30.3 Å². The van der Waals surface area contributed by atoms with Gasteiger partial charge in [0, 0.05) is 11.6 Å². The fraction of sp³-hybridized carbons (Fsp3) is 0.0769. The molecule has 21 heavy (non-hydrogen) atoms. The molecule has 0 heterocycles. The van der Waals surface area contributed by atoms with E-state index in [1.807, 2.05) is 4.72 Å². The largest absolute Gasteiger partial charge is 0.392 e. The first-order valence-corrected chi connectivity index (χ1v) is 7.19. The molecule has 0 atom stereocenters. The van der Waals surface area contributed by atoms with Gasteiger partial charge in [-0.25, -0.2) is 21.6 Å². The van der Waals surface area contributed by atoms with Gasteiger partial charge < -0.3 is 5.11 Å². The normalized spacial score (nSPS) is 11.4. The Kier molecular flexibility index (Phi) is 4.19. The molecule has 2 N–H and O–H groups in total.